The third-order valence-electron chi connectivity index (χ3n) is 2.74. The van der Waals surface area contributed by atoms with E-state index in [-0.39, 0.29) is 5.92 Å². The minimum absolute atomic E-state index is 0.241. The van der Waals surface area contributed by atoms with Gasteiger partial charge < -0.3 is 9.05 Å². The van der Waals surface area contributed by atoms with E-state index in [9.17, 15) is 0 Å². The van der Waals surface area contributed by atoms with Gasteiger partial charge in [-0.05, 0) is 12.8 Å². The van der Waals surface area contributed by atoms with Gasteiger partial charge in [0.2, 0.25) is 11.7 Å². The number of rotatable bonds is 3. The summed E-state index contributed by atoms with van der Waals surface area (Å²) < 4.78 is 10.2. The van der Waals surface area contributed by atoms with Crippen LogP contribution in [0.2, 0.25) is 0 Å². The molecule has 2 aromatic rings. The van der Waals surface area contributed by atoms with Crippen LogP contribution in [0.15, 0.2) is 15.3 Å². The van der Waals surface area contributed by atoms with Crippen LogP contribution in [0.1, 0.15) is 50.1 Å². The second-order valence-electron chi connectivity index (χ2n) is 4.50. The van der Waals surface area contributed by atoms with Crippen molar-refractivity contribution < 1.29 is 9.05 Å². The van der Waals surface area contributed by atoms with E-state index in [0.717, 1.165) is 11.3 Å². The summed E-state index contributed by atoms with van der Waals surface area (Å²) in [5.74, 6) is 2.00. The van der Waals surface area contributed by atoms with Crippen LogP contribution in [0.25, 0.3) is 11.4 Å². The van der Waals surface area contributed by atoms with E-state index in [0.29, 0.717) is 17.6 Å². The Morgan fingerprint density at radius 1 is 1.31 bits per heavy atom. The summed E-state index contributed by atoms with van der Waals surface area (Å²) in [7, 11) is 0. The quantitative estimate of drug-likeness (QED) is 0.794. The Balaban J connectivity index is 1.97. The second kappa shape index (κ2) is 3.43. The Morgan fingerprint density at radius 2 is 2.12 bits per heavy atom. The minimum Gasteiger partial charge on any atom is -0.364 e. The number of aromatic nitrogens is 3. The van der Waals surface area contributed by atoms with Gasteiger partial charge >= 0.3 is 0 Å². The molecule has 5 nitrogen and oxygen atoms in total. The first kappa shape index (κ1) is 9.57. The van der Waals surface area contributed by atoms with E-state index in [4.69, 9.17) is 9.05 Å². The molecule has 0 radical (unpaired) electrons. The summed E-state index contributed by atoms with van der Waals surface area (Å²) in [5.41, 5.74) is 1.84. The first-order valence-electron chi connectivity index (χ1n) is 5.54. The molecule has 0 spiro atoms. The van der Waals surface area contributed by atoms with Gasteiger partial charge in [-0.3, -0.25) is 0 Å². The van der Waals surface area contributed by atoms with E-state index in [2.05, 4.69) is 15.3 Å². The molecule has 0 atom stereocenters. The molecular weight excluding hydrogens is 206 g/mol. The van der Waals surface area contributed by atoms with Gasteiger partial charge in [-0.2, -0.15) is 4.98 Å². The van der Waals surface area contributed by atoms with Gasteiger partial charge in [-0.15, -0.1) is 0 Å². The predicted octanol–water partition coefficient (Wildman–Crippen LogP) is 2.73. The monoisotopic (exact) mass is 219 g/mol. The fraction of sp³-hybridized carbons (Fsp3) is 0.545. The first-order valence-corrected chi connectivity index (χ1v) is 5.54. The summed E-state index contributed by atoms with van der Waals surface area (Å²) in [4.78, 5) is 4.35. The SMILES string of the molecule is CC(C)c1nc(-c2conc2C2CC2)no1. The lowest BCUT2D eigenvalue weighted by Crippen LogP contribution is -1.88. The van der Waals surface area contributed by atoms with Crippen molar-refractivity contribution in [3.05, 3.63) is 17.8 Å². The second-order valence-corrected chi connectivity index (χ2v) is 4.50. The van der Waals surface area contributed by atoms with E-state index in [1.807, 2.05) is 13.8 Å². The van der Waals surface area contributed by atoms with Crippen molar-refractivity contribution in [2.75, 3.05) is 0 Å². The topological polar surface area (TPSA) is 65.0 Å². The maximum atomic E-state index is 5.17. The molecule has 0 unspecified atom stereocenters. The molecule has 0 bridgehead atoms. The van der Waals surface area contributed by atoms with E-state index in [1.165, 1.54) is 12.8 Å². The van der Waals surface area contributed by atoms with Crippen molar-refractivity contribution >= 4 is 0 Å². The first-order chi connectivity index (χ1) is 7.75. The van der Waals surface area contributed by atoms with Gasteiger partial charge in [0.15, 0.2) is 0 Å². The lowest BCUT2D eigenvalue weighted by Gasteiger charge is -1.93. The zero-order valence-corrected chi connectivity index (χ0v) is 9.30. The Morgan fingerprint density at radius 3 is 2.75 bits per heavy atom. The molecule has 2 aromatic heterocycles. The molecule has 1 fully saturated rings. The number of nitrogens with zero attached hydrogens (tertiary/aromatic N) is 3. The van der Waals surface area contributed by atoms with Crippen molar-refractivity contribution in [1.82, 2.24) is 15.3 Å². The molecule has 0 aromatic carbocycles. The molecule has 16 heavy (non-hydrogen) atoms. The average molecular weight is 219 g/mol. The van der Waals surface area contributed by atoms with Crippen LogP contribution in [-0.4, -0.2) is 15.3 Å². The zero-order valence-electron chi connectivity index (χ0n) is 9.30. The van der Waals surface area contributed by atoms with Crippen LogP contribution in [0.5, 0.6) is 0 Å². The summed E-state index contributed by atoms with van der Waals surface area (Å²) in [6.45, 7) is 4.04. The van der Waals surface area contributed by atoms with Crippen molar-refractivity contribution in [3.63, 3.8) is 0 Å². The van der Waals surface area contributed by atoms with Gasteiger partial charge in [0.05, 0.1) is 11.3 Å². The molecule has 1 aliphatic rings. The Kier molecular flexibility index (Phi) is 2.05. The fourth-order valence-electron chi connectivity index (χ4n) is 1.64. The van der Waals surface area contributed by atoms with Crippen LogP contribution >= 0.6 is 0 Å². The third-order valence-corrected chi connectivity index (χ3v) is 2.74. The van der Waals surface area contributed by atoms with Gasteiger partial charge in [0.1, 0.15) is 6.26 Å². The van der Waals surface area contributed by atoms with Gasteiger partial charge in [0, 0.05) is 11.8 Å². The molecule has 84 valence electrons. The number of hydrogen-bond acceptors (Lipinski definition) is 5. The largest absolute Gasteiger partial charge is 0.364 e. The molecular formula is C11H13N3O2. The molecule has 1 saturated carbocycles. The van der Waals surface area contributed by atoms with Crippen LogP contribution in [0, 0.1) is 0 Å². The molecule has 0 N–H and O–H groups in total. The minimum atomic E-state index is 0.241. The average Bonchev–Trinajstić information content (AvgIpc) is 2.83. The van der Waals surface area contributed by atoms with E-state index < -0.39 is 0 Å². The van der Waals surface area contributed by atoms with Crippen molar-refractivity contribution in [2.45, 2.75) is 38.5 Å². The van der Waals surface area contributed by atoms with Crippen molar-refractivity contribution in [1.29, 1.82) is 0 Å². The molecule has 3 rings (SSSR count). The lowest BCUT2D eigenvalue weighted by atomic mass is 10.1. The van der Waals surface area contributed by atoms with Crippen LogP contribution in [-0.2, 0) is 0 Å². The zero-order chi connectivity index (χ0) is 11.1. The van der Waals surface area contributed by atoms with Gasteiger partial charge in [-0.25, -0.2) is 0 Å². The summed E-state index contributed by atoms with van der Waals surface area (Å²) in [6, 6.07) is 0. The highest BCUT2D eigenvalue weighted by molar-refractivity contribution is 5.57. The van der Waals surface area contributed by atoms with Gasteiger partial charge in [-0.1, -0.05) is 24.2 Å². The van der Waals surface area contributed by atoms with E-state index in [1.54, 1.807) is 6.26 Å². The van der Waals surface area contributed by atoms with Crippen LogP contribution in [0.4, 0.5) is 0 Å². The normalized spacial score (nSPS) is 15.9. The van der Waals surface area contributed by atoms with Crippen molar-refractivity contribution in [3.8, 4) is 11.4 Å². The molecule has 0 aliphatic heterocycles. The molecule has 0 saturated heterocycles. The maximum Gasteiger partial charge on any atom is 0.229 e. The summed E-state index contributed by atoms with van der Waals surface area (Å²) >= 11 is 0. The predicted molar refractivity (Wildman–Crippen MR) is 55.9 cm³/mol. The smallest absolute Gasteiger partial charge is 0.229 e. The van der Waals surface area contributed by atoms with Crippen molar-refractivity contribution in [2.24, 2.45) is 0 Å². The van der Waals surface area contributed by atoms with E-state index >= 15 is 0 Å². The molecule has 2 heterocycles. The third kappa shape index (κ3) is 1.52. The highest BCUT2D eigenvalue weighted by Crippen LogP contribution is 2.43. The summed E-state index contributed by atoms with van der Waals surface area (Å²) in [5, 5.41) is 7.98. The highest BCUT2D eigenvalue weighted by Gasteiger charge is 2.31. The molecule has 0 amide bonds. The Labute approximate surface area is 92.8 Å². The van der Waals surface area contributed by atoms with Gasteiger partial charge in [0.25, 0.3) is 0 Å². The van der Waals surface area contributed by atoms with Crippen LogP contribution < -0.4 is 0 Å². The van der Waals surface area contributed by atoms with Crippen LogP contribution in [0.3, 0.4) is 0 Å². The number of hydrogen-bond donors (Lipinski definition) is 0. The highest BCUT2D eigenvalue weighted by atomic mass is 16.5. The maximum absolute atomic E-state index is 5.17. The fourth-order valence-corrected chi connectivity index (χ4v) is 1.64. The Bertz CT molecular complexity index is 497. The summed E-state index contributed by atoms with van der Waals surface area (Å²) in [6.07, 6.45) is 3.95. The Hall–Kier alpha value is -1.65. The molecule has 1 aliphatic carbocycles. The lowest BCUT2D eigenvalue weighted by molar-refractivity contribution is 0.365. The molecule has 5 heteroatoms. The standard InChI is InChI=1S/C11H13N3O2/c1-6(2)11-12-10(14-16-11)8-5-15-13-9(8)7-3-4-7/h5-7H,3-4H2,1-2H3.